The Labute approximate surface area is 151 Å². The van der Waals surface area contributed by atoms with Gasteiger partial charge in [0.1, 0.15) is 0 Å². The number of benzene rings is 1. The Balaban J connectivity index is 1.50. The van der Waals surface area contributed by atoms with Crippen molar-refractivity contribution in [1.29, 1.82) is 0 Å². The summed E-state index contributed by atoms with van der Waals surface area (Å²) in [7, 11) is 1.72. The van der Waals surface area contributed by atoms with E-state index in [1.807, 2.05) is 0 Å². The van der Waals surface area contributed by atoms with Crippen LogP contribution in [-0.2, 0) is 16.0 Å². The lowest BCUT2D eigenvalue weighted by atomic mass is 9.77. The van der Waals surface area contributed by atoms with E-state index in [9.17, 15) is 4.79 Å². The fourth-order valence-electron chi connectivity index (χ4n) is 4.38. The zero-order chi connectivity index (χ0) is 17.5. The highest BCUT2D eigenvalue weighted by Gasteiger charge is 2.42. The van der Waals surface area contributed by atoms with Crippen LogP contribution in [-0.4, -0.2) is 50.7 Å². The van der Waals surface area contributed by atoms with Crippen molar-refractivity contribution < 1.29 is 9.53 Å². The summed E-state index contributed by atoms with van der Waals surface area (Å²) in [6.45, 7) is 4.22. The molecule has 0 spiro atoms. The summed E-state index contributed by atoms with van der Waals surface area (Å²) in [6, 6.07) is 10.7. The average Bonchev–Trinajstić information content (AvgIpc) is 2.68. The van der Waals surface area contributed by atoms with Crippen molar-refractivity contribution in [2.75, 3.05) is 39.9 Å². The molecule has 4 heteroatoms. The Morgan fingerprint density at radius 3 is 2.52 bits per heavy atom. The van der Waals surface area contributed by atoms with Gasteiger partial charge in [0.15, 0.2) is 0 Å². The summed E-state index contributed by atoms with van der Waals surface area (Å²) in [6.07, 6.45) is 6.46. The zero-order valence-corrected chi connectivity index (χ0v) is 15.5. The maximum atomic E-state index is 13.2. The molecule has 2 fully saturated rings. The number of carbonyl (C=O) groups excluding carboxylic acids is 1. The number of methoxy groups -OCH3 is 1. The minimum Gasteiger partial charge on any atom is -0.384 e. The van der Waals surface area contributed by atoms with Crippen molar-refractivity contribution in [2.24, 2.45) is 11.3 Å². The maximum absolute atomic E-state index is 13.2. The number of piperidine rings is 2. The third-order valence-corrected chi connectivity index (χ3v) is 6.02. The fourth-order valence-corrected chi connectivity index (χ4v) is 4.38. The minimum absolute atomic E-state index is 0.295. The highest BCUT2D eigenvalue weighted by atomic mass is 16.5. The summed E-state index contributed by atoms with van der Waals surface area (Å²) in [5.41, 5.74) is 1.13. The van der Waals surface area contributed by atoms with Gasteiger partial charge in [-0.15, -0.1) is 0 Å². The van der Waals surface area contributed by atoms with Crippen LogP contribution in [0.15, 0.2) is 30.3 Å². The van der Waals surface area contributed by atoms with Crippen molar-refractivity contribution in [2.45, 2.75) is 38.5 Å². The molecule has 0 saturated carbocycles. The first kappa shape index (κ1) is 18.4. The largest absolute Gasteiger partial charge is 0.384 e. The van der Waals surface area contributed by atoms with Gasteiger partial charge in [-0.1, -0.05) is 30.3 Å². The molecule has 25 heavy (non-hydrogen) atoms. The van der Waals surface area contributed by atoms with Gasteiger partial charge in [-0.2, -0.15) is 0 Å². The molecule has 0 aliphatic carbocycles. The van der Waals surface area contributed by atoms with Gasteiger partial charge in [-0.25, -0.2) is 0 Å². The molecule has 0 unspecified atom stereocenters. The molecule has 0 atom stereocenters. The van der Waals surface area contributed by atoms with Crippen LogP contribution in [0.4, 0.5) is 0 Å². The molecule has 0 aromatic heterocycles. The predicted octanol–water partition coefficient (Wildman–Crippen LogP) is 2.87. The summed E-state index contributed by atoms with van der Waals surface area (Å²) in [4.78, 5) is 15.3. The minimum atomic E-state index is -0.295. The van der Waals surface area contributed by atoms with Gasteiger partial charge in [0, 0.05) is 20.2 Å². The Hall–Kier alpha value is -1.39. The second-order valence-electron chi connectivity index (χ2n) is 7.72. The Morgan fingerprint density at radius 2 is 1.88 bits per heavy atom. The van der Waals surface area contributed by atoms with Gasteiger partial charge in [0.25, 0.3) is 0 Å². The number of rotatable bonds is 6. The number of likely N-dealkylation sites (tertiary alicyclic amines) is 1. The summed E-state index contributed by atoms with van der Waals surface area (Å²) >= 11 is 0. The van der Waals surface area contributed by atoms with E-state index >= 15 is 0 Å². The van der Waals surface area contributed by atoms with E-state index < -0.39 is 0 Å². The van der Waals surface area contributed by atoms with Crippen LogP contribution < -0.4 is 5.32 Å². The van der Waals surface area contributed by atoms with Crippen molar-refractivity contribution in [3.05, 3.63) is 35.9 Å². The van der Waals surface area contributed by atoms with Crippen LogP contribution in [0, 0.1) is 11.3 Å². The van der Waals surface area contributed by atoms with E-state index in [0.29, 0.717) is 12.5 Å². The average molecular weight is 344 g/mol. The first-order valence-electron chi connectivity index (χ1n) is 9.76. The number of ether oxygens (including phenoxy) is 1. The van der Waals surface area contributed by atoms with Gasteiger partial charge < -0.3 is 15.0 Å². The normalized spacial score (nSPS) is 21.2. The molecule has 2 aliphatic heterocycles. The lowest BCUT2D eigenvalue weighted by molar-refractivity contribution is -0.149. The molecule has 2 saturated heterocycles. The second kappa shape index (κ2) is 8.81. The van der Waals surface area contributed by atoms with Crippen LogP contribution in [0.25, 0.3) is 0 Å². The second-order valence-corrected chi connectivity index (χ2v) is 7.72. The summed E-state index contributed by atoms with van der Waals surface area (Å²) in [5, 5.41) is 3.37. The summed E-state index contributed by atoms with van der Waals surface area (Å²) in [5.74, 6) is 1.08. The van der Waals surface area contributed by atoms with E-state index in [1.54, 1.807) is 7.11 Å². The Morgan fingerprint density at radius 1 is 1.20 bits per heavy atom. The van der Waals surface area contributed by atoms with E-state index in [0.717, 1.165) is 64.2 Å². The third-order valence-electron chi connectivity index (χ3n) is 6.02. The van der Waals surface area contributed by atoms with Gasteiger partial charge >= 0.3 is 0 Å². The van der Waals surface area contributed by atoms with Crippen LogP contribution in [0.5, 0.6) is 0 Å². The molecule has 1 amide bonds. The van der Waals surface area contributed by atoms with Gasteiger partial charge in [0.2, 0.25) is 5.91 Å². The fraction of sp³-hybridized carbons (Fsp3) is 0.667. The lowest BCUT2D eigenvalue weighted by Crippen LogP contribution is -2.53. The smallest absolute Gasteiger partial charge is 0.231 e. The standard InChI is InChI=1S/C21H32N2O2/c1-25-17-21(11-13-22-14-12-21)20(24)23-15-9-19(10-16-23)8-7-18-5-3-2-4-6-18/h2-6,19,22H,7-17H2,1H3. The van der Waals surface area contributed by atoms with Crippen LogP contribution in [0.1, 0.15) is 37.7 Å². The molecule has 0 radical (unpaired) electrons. The van der Waals surface area contributed by atoms with Crippen LogP contribution >= 0.6 is 0 Å². The SMILES string of the molecule is COCC1(C(=O)N2CCC(CCc3ccccc3)CC2)CCNCC1. The third kappa shape index (κ3) is 4.62. The molecule has 1 aromatic carbocycles. The number of amides is 1. The van der Waals surface area contributed by atoms with Crippen molar-refractivity contribution >= 4 is 5.91 Å². The van der Waals surface area contributed by atoms with Gasteiger partial charge in [-0.3, -0.25) is 4.79 Å². The van der Waals surface area contributed by atoms with E-state index in [1.165, 1.54) is 12.0 Å². The van der Waals surface area contributed by atoms with Gasteiger partial charge in [0.05, 0.1) is 12.0 Å². The molecule has 2 aliphatic rings. The first-order chi connectivity index (χ1) is 12.2. The first-order valence-corrected chi connectivity index (χ1v) is 9.76. The molecule has 2 heterocycles. The molecular weight excluding hydrogens is 312 g/mol. The molecule has 138 valence electrons. The number of nitrogens with zero attached hydrogens (tertiary/aromatic N) is 1. The number of hydrogen-bond acceptors (Lipinski definition) is 3. The number of carbonyl (C=O) groups is 1. The van der Waals surface area contributed by atoms with Crippen LogP contribution in [0.2, 0.25) is 0 Å². The zero-order valence-electron chi connectivity index (χ0n) is 15.5. The van der Waals surface area contributed by atoms with E-state index in [2.05, 4.69) is 40.5 Å². The Kier molecular flexibility index (Phi) is 6.49. The van der Waals surface area contributed by atoms with Gasteiger partial charge in [-0.05, 0) is 63.1 Å². The molecule has 3 rings (SSSR count). The topological polar surface area (TPSA) is 41.6 Å². The number of aryl methyl sites for hydroxylation is 1. The highest BCUT2D eigenvalue weighted by Crippen LogP contribution is 2.33. The number of nitrogens with one attached hydrogen (secondary N) is 1. The number of hydrogen-bond donors (Lipinski definition) is 1. The van der Waals surface area contributed by atoms with Crippen molar-refractivity contribution in [3.8, 4) is 0 Å². The maximum Gasteiger partial charge on any atom is 0.231 e. The van der Waals surface area contributed by atoms with Crippen LogP contribution in [0.3, 0.4) is 0 Å². The van der Waals surface area contributed by atoms with Crippen molar-refractivity contribution in [1.82, 2.24) is 10.2 Å². The Bertz CT molecular complexity index is 527. The highest BCUT2D eigenvalue weighted by molar-refractivity contribution is 5.83. The monoisotopic (exact) mass is 344 g/mol. The molecule has 0 bridgehead atoms. The van der Waals surface area contributed by atoms with E-state index in [4.69, 9.17) is 4.74 Å². The molecule has 1 aromatic rings. The quantitative estimate of drug-likeness (QED) is 0.863. The predicted molar refractivity (Wildman–Crippen MR) is 100 cm³/mol. The molecule has 4 nitrogen and oxygen atoms in total. The van der Waals surface area contributed by atoms with E-state index in [-0.39, 0.29) is 5.41 Å². The van der Waals surface area contributed by atoms with Crippen molar-refractivity contribution in [3.63, 3.8) is 0 Å². The lowest BCUT2D eigenvalue weighted by Gasteiger charge is -2.42. The summed E-state index contributed by atoms with van der Waals surface area (Å²) < 4.78 is 5.43. The molecule has 1 N–H and O–H groups in total. The molecular formula is C21H32N2O2.